The Bertz CT molecular complexity index is 821. The van der Waals surface area contributed by atoms with Gasteiger partial charge in [0.2, 0.25) is 0 Å². The molecule has 1 aliphatic heterocycles. The summed E-state index contributed by atoms with van der Waals surface area (Å²) in [4.78, 5) is 12.6. The highest BCUT2D eigenvalue weighted by Crippen LogP contribution is 2.50. The maximum atomic E-state index is 12.6. The molecule has 1 saturated carbocycles. The van der Waals surface area contributed by atoms with Crippen LogP contribution in [0.1, 0.15) is 45.6 Å². The number of hydrogen-bond acceptors (Lipinski definition) is 6. The first kappa shape index (κ1) is 24.5. The zero-order chi connectivity index (χ0) is 23.3. The van der Waals surface area contributed by atoms with Gasteiger partial charge in [-0.2, -0.15) is 0 Å². The van der Waals surface area contributed by atoms with Crippen molar-refractivity contribution in [2.75, 3.05) is 20.8 Å². The van der Waals surface area contributed by atoms with E-state index in [1.54, 1.807) is 20.3 Å². The van der Waals surface area contributed by atoms with Crippen molar-refractivity contribution < 1.29 is 28.8 Å². The van der Waals surface area contributed by atoms with Crippen LogP contribution in [0.5, 0.6) is 5.75 Å². The van der Waals surface area contributed by atoms with E-state index in [1.807, 2.05) is 24.3 Å². The number of benzene rings is 1. The van der Waals surface area contributed by atoms with Crippen LogP contribution < -0.4 is 4.74 Å². The number of rotatable bonds is 9. The van der Waals surface area contributed by atoms with Gasteiger partial charge in [-0.3, -0.25) is 0 Å². The summed E-state index contributed by atoms with van der Waals surface area (Å²) >= 11 is 0. The van der Waals surface area contributed by atoms with Crippen LogP contribution in [-0.2, 0) is 19.0 Å². The number of esters is 1. The quantitative estimate of drug-likeness (QED) is 0.267. The largest absolute Gasteiger partial charge is 0.497 e. The van der Waals surface area contributed by atoms with Crippen molar-refractivity contribution in [1.82, 2.24) is 0 Å². The molecule has 1 aliphatic carbocycles. The molecule has 1 saturated heterocycles. The van der Waals surface area contributed by atoms with E-state index >= 15 is 0 Å². The number of carbonyl (C=O) groups is 1. The van der Waals surface area contributed by atoms with Crippen LogP contribution in [0.4, 0.5) is 0 Å². The molecule has 1 spiro atoms. The molecule has 1 aromatic rings. The summed E-state index contributed by atoms with van der Waals surface area (Å²) in [5.41, 5.74) is 1.58. The van der Waals surface area contributed by atoms with E-state index in [-0.39, 0.29) is 5.92 Å². The van der Waals surface area contributed by atoms with Gasteiger partial charge in [0.1, 0.15) is 17.5 Å². The third-order valence-electron chi connectivity index (χ3n) is 6.42. The Morgan fingerprint density at radius 2 is 1.94 bits per heavy atom. The lowest BCUT2D eigenvalue weighted by molar-refractivity contribution is -0.179. The maximum Gasteiger partial charge on any atom is 0.331 e. The Labute approximate surface area is 191 Å². The van der Waals surface area contributed by atoms with Gasteiger partial charge in [0, 0.05) is 25.5 Å². The number of aliphatic hydroxyl groups excluding tert-OH is 1. The SMILES string of the molecule is COc1ccc(/C=C/C(=O)O[C@@H]2[C@@H](O)C[C@]3(CO3)C(/C(C)=C/CCC(C)C)[C@@H]2OC)cc1. The highest BCUT2D eigenvalue weighted by atomic mass is 16.6. The molecule has 6 heteroatoms. The summed E-state index contributed by atoms with van der Waals surface area (Å²) in [6.45, 7) is 7.08. The van der Waals surface area contributed by atoms with Crippen LogP contribution in [0.15, 0.2) is 42.0 Å². The van der Waals surface area contributed by atoms with Crippen LogP contribution in [0, 0.1) is 11.8 Å². The van der Waals surface area contributed by atoms with Gasteiger partial charge in [-0.25, -0.2) is 4.79 Å². The van der Waals surface area contributed by atoms with Crippen LogP contribution in [0.3, 0.4) is 0 Å². The van der Waals surface area contributed by atoms with Crippen LogP contribution in [0.25, 0.3) is 6.08 Å². The Morgan fingerprint density at radius 3 is 2.50 bits per heavy atom. The number of epoxide rings is 1. The summed E-state index contributed by atoms with van der Waals surface area (Å²) < 4.78 is 22.5. The normalized spacial score (nSPS) is 30.2. The highest BCUT2D eigenvalue weighted by molar-refractivity contribution is 5.87. The van der Waals surface area contributed by atoms with E-state index in [0.717, 1.165) is 29.7 Å². The Morgan fingerprint density at radius 1 is 1.25 bits per heavy atom. The van der Waals surface area contributed by atoms with Crippen molar-refractivity contribution in [1.29, 1.82) is 0 Å². The molecule has 1 N–H and O–H groups in total. The van der Waals surface area contributed by atoms with Crippen LogP contribution in [-0.4, -0.2) is 55.8 Å². The second-order valence-corrected chi connectivity index (χ2v) is 9.23. The maximum absolute atomic E-state index is 12.6. The fourth-order valence-corrected chi connectivity index (χ4v) is 4.61. The zero-order valence-corrected chi connectivity index (χ0v) is 19.7. The third-order valence-corrected chi connectivity index (χ3v) is 6.42. The van der Waals surface area contributed by atoms with Gasteiger partial charge in [-0.15, -0.1) is 0 Å². The van der Waals surface area contributed by atoms with E-state index in [4.69, 9.17) is 18.9 Å². The van der Waals surface area contributed by atoms with E-state index in [0.29, 0.717) is 18.9 Å². The average Bonchev–Trinajstić information content (AvgIpc) is 3.53. The Hall–Kier alpha value is -2.15. The van der Waals surface area contributed by atoms with Gasteiger partial charge in [0.25, 0.3) is 0 Å². The standard InChI is InChI=1S/C26H36O6/c1-17(2)7-6-8-18(3)23-25(30-5)24(21(27)15-26(23)16-31-26)32-22(28)14-11-19-9-12-20(29-4)13-10-19/h8-14,17,21,23-25,27H,6-7,15-16H2,1-5H3/b14-11+,18-8+/t21-,23?,24+,25-,26-/m0/s1. The fraction of sp³-hybridized carbons (Fsp3) is 0.577. The van der Waals surface area contributed by atoms with E-state index < -0.39 is 29.9 Å². The van der Waals surface area contributed by atoms with Crippen LogP contribution in [0.2, 0.25) is 0 Å². The molecule has 176 valence electrons. The summed E-state index contributed by atoms with van der Waals surface area (Å²) in [6.07, 6.45) is 5.71. The Balaban J connectivity index is 1.71. The van der Waals surface area contributed by atoms with Crippen molar-refractivity contribution in [2.24, 2.45) is 11.8 Å². The number of carbonyl (C=O) groups excluding carboxylic acids is 1. The van der Waals surface area contributed by atoms with Gasteiger partial charge in [-0.05, 0) is 49.5 Å². The van der Waals surface area contributed by atoms with Gasteiger partial charge in [0.05, 0.1) is 19.8 Å². The fourth-order valence-electron chi connectivity index (χ4n) is 4.61. The molecule has 0 amide bonds. The van der Waals surface area contributed by atoms with E-state index in [1.165, 1.54) is 6.08 Å². The van der Waals surface area contributed by atoms with Gasteiger partial charge >= 0.3 is 5.97 Å². The lowest BCUT2D eigenvalue weighted by Gasteiger charge is -2.43. The second-order valence-electron chi connectivity index (χ2n) is 9.23. The first-order valence-corrected chi connectivity index (χ1v) is 11.3. The molecule has 2 fully saturated rings. The van der Waals surface area contributed by atoms with Crippen LogP contribution >= 0.6 is 0 Å². The minimum absolute atomic E-state index is 0.0635. The van der Waals surface area contributed by atoms with E-state index in [2.05, 4.69) is 26.8 Å². The monoisotopic (exact) mass is 444 g/mol. The number of allylic oxidation sites excluding steroid dienone is 1. The zero-order valence-electron chi connectivity index (χ0n) is 19.7. The number of hydrogen-bond donors (Lipinski definition) is 1. The second kappa shape index (κ2) is 10.6. The number of aliphatic hydroxyl groups is 1. The molecule has 3 rings (SSSR count). The lowest BCUT2D eigenvalue weighted by Crippen LogP contribution is -2.57. The van der Waals surface area contributed by atoms with Crippen molar-refractivity contribution in [3.63, 3.8) is 0 Å². The van der Waals surface area contributed by atoms with Gasteiger partial charge < -0.3 is 24.1 Å². The van der Waals surface area contributed by atoms with Crippen molar-refractivity contribution >= 4 is 12.0 Å². The lowest BCUT2D eigenvalue weighted by atomic mass is 9.70. The predicted octanol–water partition coefficient (Wildman–Crippen LogP) is 4.17. The average molecular weight is 445 g/mol. The van der Waals surface area contributed by atoms with Crippen molar-refractivity contribution in [3.05, 3.63) is 47.6 Å². The molecule has 2 aliphatic rings. The molecule has 1 aromatic carbocycles. The first-order chi connectivity index (χ1) is 15.3. The summed E-state index contributed by atoms with van der Waals surface area (Å²) in [7, 11) is 3.20. The van der Waals surface area contributed by atoms with Gasteiger partial charge in [-0.1, -0.05) is 37.6 Å². The predicted molar refractivity (Wildman–Crippen MR) is 123 cm³/mol. The highest BCUT2D eigenvalue weighted by Gasteiger charge is 2.62. The molecule has 0 radical (unpaired) electrons. The minimum Gasteiger partial charge on any atom is -0.497 e. The molecule has 1 unspecified atom stereocenters. The molecule has 1 heterocycles. The summed E-state index contributed by atoms with van der Waals surface area (Å²) in [5, 5.41) is 10.8. The topological polar surface area (TPSA) is 77.5 Å². The summed E-state index contributed by atoms with van der Waals surface area (Å²) in [5.74, 6) is 0.797. The molecule has 0 bridgehead atoms. The minimum atomic E-state index is -0.847. The van der Waals surface area contributed by atoms with E-state index in [9.17, 15) is 9.90 Å². The van der Waals surface area contributed by atoms with Crippen molar-refractivity contribution in [3.8, 4) is 5.75 Å². The third kappa shape index (κ3) is 5.80. The smallest absolute Gasteiger partial charge is 0.331 e. The molecule has 32 heavy (non-hydrogen) atoms. The number of ether oxygens (including phenoxy) is 4. The molecule has 5 atom stereocenters. The summed E-state index contributed by atoms with van der Waals surface area (Å²) in [6, 6.07) is 7.35. The molecular weight excluding hydrogens is 408 g/mol. The first-order valence-electron chi connectivity index (χ1n) is 11.3. The molecular formula is C26H36O6. The molecule has 6 nitrogen and oxygen atoms in total. The number of methoxy groups -OCH3 is 2. The Kier molecular flexibility index (Phi) is 8.15. The van der Waals surface area contributed by atoms with Crippen molar-refractivity contribution in [2.45, 2.75) is 63.9 Å². The van der Waals surface area contributed by atoms with Gasteiger partial charge in [0.15, 0.2) is 6.10 Å². The molecule has 0 aromatic heterocycles.